The van der Waals surface area contributed by atoms with Crippen molar-refractivity contribution in [3.8, 4) is 0 Å². The fourth-order valence-corrected chi connectivity index (χ4v) is 1.93. The maximum absolute atomic E-state index is 11.7. The van der Waals surface area contributed by atoms with E-state index in [1.165, 1.54) is 12.1 Å². The molecule has 4 N–H and O–H groups in total. The SMILES string of the molecule is CC(C)CC(CO)NC(=O)NCc1ccc(C(=O)O)cc1. The average molecular weight is 294 g/mol. The first-order valence-electron chi connectivity index (χ1n) is 6.89. The van der Waals surface area contributed by atoms with Crippen molar-refractivity contribution in [3.05, 3.63) is 35.4 Å². The van der Waals surface area contributed by atoms with Gasteiger partial charge >= 0.3 is 12.0 Å². The van der Waals surface area contributed by atoms with Gasteiger partial charge in [0.25, 0.3) is 0 Å². The molecule has 0 spiro atoms. The lowest BCUT2D eigenvalue weighted by Gasteiger charge is -2.18. The van der Waals surface area contributed by atoms with E-state index >= 15 is 0 Å². The van der Waals surface area contributed by atoms with Crippen LogP contribution in [0.3, 0.4) is 0 Å². The molecule has 0 saturated carbocycles. The molecule has 0 bridgehead atoms. The lowest BCUT2D eigenvalue weighted by Crippen LogP contribution is -2.44. The van der Waals surface area contributed by atoms with Gasteiger partial charge in [0.1, 0.15) is 0 Å². The number of aliphatic hydroxyl groups is 1. The number of aliphatic hydroxyl groups excluding tert-OH is 1. The summed E-state index contributed by atoms with van der Waals surface area (Å²) < 4.78 is 0. The maximum atomic E-state index is 11.7. The second-order valence-electron chi connectivity index (χ2n) is 5.34. The average Bonchev–Trinajstić information content (AvgIpc) is 2.44. The molecule has 6 nitrogen and oxygen atoms in total. The van der Waals surface area contributed by atoms with Crippen LogP contribution in [0, 0.1) is 5.92 Å². The summed E-state index contributed by atoms with van der Waals surface area (Å²) in [4.78, 5) is 22.4. The summed E-state index contributed by atoms with van der Waals surface area (Å²) in [6.07, 6.45) is 0.706. The Morgan fingerprint density at radius 3 is 2.29 bits per heavy atom. The van der Waals surface area contributed by atoms with Gasteiger partial charge in [-0.2, -0.15) is 0 Å². The van der Waals surface area contributed by atoms with Gasteiger partial charge in [0.15, 0.2) is 0 Å². The van der Waals surface area contributed by atoms with E-state index in [4.69, 9.17) is 5.11 Å². The minimum atomic E-state index is -0.980. The summed E-state index contributed by atoms with van der Waals surface area (Å²) in [7, 11) is 0. The minimum Gasteiger partial charge on any atom is -0.478 e. The van der Waals surface area contributed by atoms with Gasteiger partial charge in [-0.1, -0.05) is 26.0 Å². The molecule has 1 aromatic carbocycles. The minimum absolute atomic E-state index is 0.0983. The number of hydrogen-bond donors (Lipinski definition) is 4. The van der Waals surface area contributed by atoms with Crippen molar-refractivity contribution in [3.63, 3.8) is 0 Å². The molecule has 0 aliphatic heterocycles. The summed E-state index contributed by atoms with van der Waals surface area (Å²) in [5, 5.41) is 23.4. The summed E-state index contributed by atoms with van der Waals surface area (Å²) in [5.74, 6) is -0.599. The van der Waals surface area contributed by atoms with Gasteiger partial charge in [-0.15, -0.1) is 0 Å². The van der Waals surface area contributed by atoms with Gasteiger partial charge < -0.3 is 20.8 Å². The number of urea groups is 1. The van der Waals surface area contributed by atoms with Crippen LogP contribution in [0.4, 0.5) is 4.79 Å². The van der Waals surface area contributed by atoms with Crippen LogP contribution in [0.15, 0.2) is 24.3 Å². The van der Waals surface area contributed by atoms with Gasteiger partial charge in [0, 0.05) is 6.54 Å². The zero-order chi connectivity index (χ0) is 15.8. The molecule has 0 aromatic heterocycles. The highest BCUT2D eigenvalue weighted by atomic mass is 16.4. The number of carbonyl (C=O) groups excluding carboxylic acids is 1. The van der Waals surface area contributed by atoms with E-state index in [0.717, 1.165) is 5.56 Å². The van der Waals surface area contributed by atoms with Crippen LogP contribution in [-0.4, -0.2) is 34.9 Å². The highest BCUT2D eigenvalue weighted by Gasteiger charge is 2.12. The van der Waals surface area contributed by atoms with Gasteiger partial charge in [-0.25, -0.2) is 9.59 Å². The molecule has 0 saturated heterocycles. The molecular formula is C15H22N2O4. The Morgan fingerprint density at radius 2 is 1.81 bits per heavy atom. The highest BCUT2D eigenvalue weighted by molar-refractivity contribution is 5.87. The fraction of sp³-hybridized carbons (Fsp3) is 0.467. The van der Waals surface area contributed by atoms with Crippen LogP contribution in [0.5, 0.6) is 0 Å². The van der Waals surface area contributed by atoms with E-state index in [1.54, 1.807) is 12.1 Å². The Kier molecular flexibility index (Phi) is 6.68. The molecule has 0 aliphatic rings. The van der Waals surface area contributed by atoms with E-state index in [9.17, 15) is 14.7 Å². The van der Waals surface area contributed by atoms with Crippen molar-refractivity contribution in [2.24, 2.45) is 5.92 Å². The van der Waals surface area contributed by atoms with Gasteiger partial charge in [0.05, 0.1) is 18.2 Å². The number of carbonyl (C=O) groups is 2. The molecule has 0 fully saturated rings. The molecule has 1 unspecified atom stereocenters. The first-order valence-corrected chi connectivity index (χ1v) is 6.89. The van der Waals surface area contributed by atoms with E-state index in [2.05, 4.69) is 10.6 Å². The van der Waals surface area contributed by atoms with Gasteiger partial charge in [-0.05, 0) is 30.0 Å². The zero-order valence-electron chi connectivity index (χ0n) is 12.3. The Labute approximate surface area is 124 Å². The number of carboxylic acids is 1. The third-order valence-corrected chi connectivity index (χ3v) is 2.97. The monoisotopic (exact) mass is 294 g/mol. The molecule has 21 heavy (non-hydrogen) atoms. The molecule has 1 aromatic rings. The maximum Gasteiger partial charge on any atom is 0.335 e. The Hall–Kier alpha value is -2.08. The molecule has 1 atom stereocenters. The normalized spacial score (nSPS) is 12.0. The molecule has 116 valence electrons. The van der Waals surface area contributed by atoms with Crippen molar-refractivity contribution < 1.29 is 19.8 Å². The van der Waals surface area contributed by atoms with E-state index < -0.39 is 5.97 Å². The van der Waals surface area contributed by atoms with Crippen molar-refractivity contribution >= 4 is 12.0 Å². The van der Waals surface area contributed by atoms with Crippen molar-refractivity contribution in [2.45, 2.75) is 32.9 Å². The quantitative estimate of drug-likeness (QED) is 0.613. The topological polar surface area (TPSA) is 98.7 Å². The van der Waals surface area contributed by atoms with E-state index in [0.29, 0.717) is 18.9 Å². The number of benzene rings is 1. The molecule has 6 heteroatoms. The van der Waals surface area contributed by atoms with E-state index in [-0.39, 0.29) is 24.2 Å². The molecule has 2 amide bonds. The Morgan fingerprint density at radius 1 is 1.19 bits per heavy atom. The Balaban J connectivity index is 2.43. The zero-order valence-corrected chi connectivity index (χ0v) is 12.3. The van der Waals surface area contributed by atoms with Crippen LogP contribution in [0.1, 0.15) is 36.2 Å². The summed E-state index contributed by atoms with van der Waals surface area (Å²) in [6.45, 7) is 4.24. The predicted molar refractivity (Wildman–Crippen MR) is 79.1 cm³/mol. The fourth-order valence-electron chi connectivity index (χ4n) is 1.93. The van der Waals surface area contributed by atoms with Crippen LogP contribution < -0.4 is 10.6 Å². The second-order valence-corrected chi connectivity index (χ2v) is 5.34. The van der Waals surface area contributed by atoms with Crippen molar-refractivity contribution in [1.29, 1.82) is 0 Å². The first-order chi connectivity index (χ1) is 9.92. The smallest absolute Gasteiger partial charge is 0.335 e. The summed E-state index contributed by atoms with van der Waals surface area (Å²) in [6, 6.07) is 5.68. The number of carboxylic acid groups (broad SMARTS) is 1. The largest absolute Gasteiger partial charge is 0.478 e. The van der Waals surface area contributed by atoms with Crippen molar-refractivity contribution in [2.75, 3.05) is 6.61 Å². The number of aromatic carboxylic acids is 1. The number of nitrogens with one attached hydrogen (secondary N) is 2. The van der Waals surface area contributed by atoms with Crippen LogP contribution >= 0.6 is 0 Å². The molecule has 0 aliphatic carbocycles. The lowest BCUT2D eigenvalue weighted by atomic mass is 10.0. The number of amides is 2. The van der Waals surface area contributed by atoms with Crippen LogP contribution in [0.25, 0.3) is 0 Å². The van der Waals surface area contributed by atoms with Gasteiger partial charge in [0.2, 0.25) is 0 Å². The third-order valence-electron chi connectivity index (χ3n) is 2.97. The number of rotatable bonds is 7. The number of hydrogen-bond acceptors (Lipinski definition) is 3. The molecule has 0 radical (unpaired) electrons. The van der Waals surface area contributed by atoms with Crippen LogP contribution in [-0.2, 0) is 6.54 Å². The van der Waals surface area contributed by atoms with Crippen molar-refractivity contribution in [1.82, 2.24) is 10.6 Å². The van der Waals surface area contributed by atoms with Gasteiger partial charge in [-0.3, -0.25) is 0 Å². The second kappa shape index (κ2) is 8.26. The summed E-state index contributed by atoms with van der Waals surface area (Å²) >= 11 is 0. The van der Waals surface area contributed by atoms with E-state index in [1.807, 2.05) is 13.8 Å². The first kappa shape index (κ1) is 17.0. The molecule has 0 heterocycles. The lowest BCUT2D eigenvalue weighted by molar-refractivity contribution is 0.0697. The molecule has 1 rings (SSSR count). The molecular weight excluding hydrogens is 272 g/mol. The standard InChI is InChI=1S/C15H22N2O4/c1-10(2)7-13(9-18)17-15(21)16-8-11-3-5-12(6-4-11)14(19)20/h3-6,10,13,18H,7-9H2,1-2H3,(H,19,20)(H2,16,17,21). The summed E-state index contributed by atoms with van der Waals surface area (Å²) in [5.41, 5.74) is 1.01. The highest BCUT2D eigenvalue weighted by Crippen LogP contribution is 2.05. The predicted octanol–water partition coefficient (Wildman–Crippen LogP) is 1.59. The third kappa shape index (κ3) is 6.27. The van der Waals surface area contributed by atoms with Crippen LogP contribution in [0.2, 0.25) is 0 Å². The Bertz CT molecular complexity index is 471.